The molecule has 0 unspecified atom stereocenters. The maximum atomic E-state index is 11.9. The largest absolute Gasteiger partial charge is 0.350 e. The van der Waals surface area contributed by atoms with Gasteiger partial charge >= 0.3 is 0 Å². The molecule has 0 aliphatic heterocycles. The zero-order valence-corrected chi connectivity index (χ0v) is 13.5. The summed E-state index contributed by atoms with van der Waals surface area (Å²) in [4.78, 5) is 25.0. The van der Waals surface area contributed by atoms with Crippen molar-refractivity contribution < 1.29 is 9.59 Å². The van der Waals surface area contributed by atoms with E-state index < -0.39 is 0 Å². The number of rotatable bonds is 3. The van der Waals surface area contributed by atoms with Gasteiger partial charge in [-0.3, -0.25) is 9.59 Å². The van der Waals surface area contributed by atoms with Gasteiger partial charge in [0.2, 0.25) is 11.8 Å². The highest BCUT2D eigenvalue weighted by atomic mass is 35.5. The molecule has 20 heavy (non-hydrogen) atoms. The van der Waals surface area contributed by atoms with E-state index in [0.717, 1.165) is 0 Å². The van der Waals surface area contributed by atoms with Gasteiger partial charge in [0.15, 0.2) is 0 Å². The molecule has 0 saturated heterocycles. The number of benzene rings is 1. The second kappa shape index (κ2) is 6.46. The highest BCUT2D eigenvalue weighted by Gasteiger charge is 2.20. The van der Waals surface area contributed by atoms with Gasteiger partial charge in [-0.15, -0.1) is 0 Å². The van der Waals surface area contributed by atoms with Crippen LogP contribution in [0.25, 0.3) is 0 Å². The number of nitrogens with one attached hydrogen (secondary N) is 1. The van der Waals surface area contributed by atoms with Crippen LogP contribution in [-0.2, 0) is 9.59 Å². The minimum atomic E-state index is -0.350. The molecule has 0 fully saturated rings. The smallest absolute Gasteiger partial charge is 0.240 e. The Balaban J connectivity index is 2.92. The highest BCUT2D eigenvalue weighted by Crippen LogP contribution is 2.27. The summed E-state index contributed by atoms with van der Waals surface area (Å²) >= 11 is 11.8. The Kier molecular flexibility index (Phi) is 5.42. The van der Waals surface area contributed by atoms with Gasteiger partial charge in [0, 0.05) is 18.2 Å². The Morgan fingerprint density at radius 3 is 2.25 bits per heavy atom. The number of halogens is 2. The van der Waals surface area contributed by atoms with Crippen molar-refractivity contribution in [2.75, 3.05) is 11.4 Å². The molecule has 0 bridgehead atoms. The van der Waals surface area contributed by atoms with Crippen LogP contribution in [0, 0.1) is 0 Å². The zero-order chi connectivity index (χ0) is 15.5. The molecule has 0 aromatic heterocycles. The van der Waals surface area contributed by atoms with E-state index in [9.17, 15) is 9.59 Å². The van der Waals surface area contributed by atoms with Crippen LogP contribution in [0.15, 0.2) is 18.2 Å². The van der Waals surface area contributed by atoms with Gasteiger partial charge in [-0.05, 0) is 39.0 Å². The lowest BCUT2D eigenvalue weighted by molar-refractivity contribution is -0.124. The van der Waals surface area contributed by atoms with Crippen molar-refractivity contribution in [1.29, 1.82) is 0 Å². The lowest BCUT2D eigenvalue weighted by Crippen LogP contribution is -2.47. The zero-order valence-electron chi connectivity index (χ0n) is 12.0. The van der Waals surface area contributed by atoms with Crippen LogP contribution in [0.5, 0.6) is 0 Å². The fourth-order valence-electron chi connectivity index (χ4n) is 1.64. The van der Waals surface area contributed by atoms with Crippen molar-refractivity contribution in [3.8, 4) is 0 Å². The molecule has 110 valence electrons. The number of carbonyl (C=O) groups is 2. The number of hydrogen-bond acceptors (Lipinski definition) is 2. The molecule has 0 saturated carbocycles. The average Bonchev–Trinajstić information content (AvgIpc) is 2.27. The summed E-state index contributed by atoms with van der Waals surface area (Å²) in [7, 11) is 0. The van der Waals surface area contributed by atoms with Crippen molar-refractivity contribution in [2.45, 2.75) is 33.2 Å². The first-order valence-corrected chi connectivity index (χ1v) is 6.90. The Bertz CT molecular complexity index is 524. The molecular formula is C14H18Cl2N2O2. The van der Waals surface area contributed by atoms with E-state index in [1.165, 1.54) is 11.8 Å². The molecule has 2 amide bonds. The monoisotopic (exact) mass is 316 g/mol. The van der Waals surface area contributed by atoms with Crippen LogP contribution in [0.3, 0.4) is 0 Å². The Hall–Kier alpha value is -1.26. The van der Waals surface area contributed by atoms with E-state index in [1.807, 2.05) is 20.8 Å². The number of anilines is 1. The van der Waals surface area contributed by atoms with E-state index >= 15 is 0 Å². The third-order valence-electron chi connectivity index (χ3n) is 2.41. The number of nitrogens with zero attached hydrogens (tertiary/aromatic N) is 1. The fraction of sp³-hybridized carbons (Fsp3) is 0.429. The second-order valence-corrected chi connectivity index (χ2v) is 6.32. The molecule has 0 heterocycles. The molecule has 0 aliphatic carbocycles. The van der Waals surface area contributed by atoms with E-state index in [4.69, 9.17) is 23.2 Å². The standard InChI is InChI=1S/C14H18Cl2N2O2/c1-9(19)18(8-13(20)17-14(2,3)4)10-5-6-11(15)12(16)7-10/h5-7H,8H2,1-4H3,(H,17,20). The summed E-state index contributed by atoms with van der Waals surface area (Å²) in [5, 5.41) is 3.55. The van der Waals surface area contributed by atoms with E-state index in [1.54, 1.807) is 18.2 Å². The molecule has 0 spiro atoms. The van der Waals surface area contributed by atoms with Crippen molar-refractivity contribution in [2.24, 2.45) is 0 Å². The topological polar surface area (TPSA) is 49.4 Å². The van der Waals surface area contributed by atoms with E-state index in [-0.39, 0.29) is 23.9 Å². The van der Waals surface area contributed by atoms with Crippen LogP contribution >= 0.6 is 23.2 Å². The molecule has 6 heteroatoms. The lowest BCUT2D eigenvalue weighted by atomic mass is 10.1. The summed E-state index contributed by atoms with van der Waals surface area (Å²) in [5.41, 5.74) is 0.188. The molecule has 4 nitrogen and oxygen atoms in total. The molecule has 1 rings (SSSR count). The van der Waals surface area contributed by atoms with Crippen LogP contribution < -0.4 is 10.2 Å². The van der Waals surface area contributed by atoms with Crippen molar-refractivity contribution in [1.82, 2.24) is 5.32 Å². The first-order chi connectivity index (χ1) is 9.10. The predicted molar refractivity (Wildman–Crippen MR) is 82.4 cm³/mol. The summed E-state index contributed by atoms with van der Waals surface area (Å²) in [5.74, 6) is -0.480. The normalized spacial score (nSPS) is 11.1. The van der Waals surface area contributed by atoms with Gasteiger partial charge in [0.1, 0.15) is 6.54 Å². The second-order valence-electron chi connectivity index (χ2n) is 5.50. The Labute approximate surface area is 129 Å². The number of carbonyl (C=O) groups excluding carboxylic acids is 2. The van der Waals surface area contributed by atoms with Crippen LogP contribution in [-0.4, -0.2) is 23.9 Å². The molecule has 1 aromatic carbocycles. The van der Waals surface area contributed by atoms with Gasteiger partial charge in [0.25, 0.3) is 0 Å². The molecule has 1 aromatic rings. The average molecular weight is 317 g/mol. The molecule has 0 radical (unpaired) electrons. The van der Waals surface area contributed by atoms with Crippen LogP contribution in [0.4, 0.5) is 5.69 Å². The van der Waals surface area contributed by atoms with Crippen LogP contribution in [0.2, 0.25) is 10.0 Å². The summed E-state index contributed by atoms with van der Waals surface area (Å²) in [6, 6.07) is 4.81. The summed E-state index contributed by atoms with van der Waals surface area (Å²) in [6.45, 7) is 6.96. The fourth-order valence-corrected chi connectivity index (χ4v) is 1.93. The first-order valence-electron chi connectivity index (χ1n) is 6.14. The SMILES string of the molecule is CC(=O)N(CC(=O)NC(C)(C)C)c1ccc(Cl)c(Cl)c1. The van der Waals surface area contributed by atoms with Gasteiger partial charge < -0.3 is 10.2 Å². The first kappa shape index (κ1) is 16.8. The van der Waals surface area contributed by atoms with Gasteiger partial charge in [-0.2, -0.15) is 0 Å². The van der Waals surface area contributed by atoms with Crippen LogP contribution in [0.1, 0.15) is 27.7 Å². The lowest BCUT2D eigenvalue weighted by Gasteiger charge is -2.25. The van der Waals surface area contributed by atoms with Gasteiger partial charge in [0.05, 0.1) is 10.0 Å². The highest BCUT2D eigenvalue weighted by molar-refractivity contribution is 6.42. The van der Waals surface area contributed by atoms with Crippen molar-refractivity contribution in [3.63, 3.8) is 0 Å². The third kappa shape index (κ3) is 5.02. The predicted octanol–water partition coefficient (Wildman–Crippen LogP) is 3.26. The maximum absolute atomic E-state index is 11.9. The molecular weight excluding hydrogens is 299 g/mol. The minimum absolute atomic E-state index is 0.0649. The number of amides is 2. The maximum Gasteiger partial charge on any atom is 0.240 e. The van der Waals surface area contributed by atoms with E-state index in [0.29, 0.717) is 15.7 Å². The summed E-state index contributed by atoms with van der Waals surface area (Å²) < 4.78 is 0. The summed E-state index contributed by atoms with van der Waals surface area (Å²) in [6.07, 6.45) is 0. The van der Waals surface area contributed by atoms with Gasteiger partial charge in [-0.1, -0.05) is 23.2 Å². The Morgan fingerprint density at radius 2 is 1.80 bits per heavy atom. The molecule has 0 aliphatic rings. The number of hydrogen-bond donors (Lipinski definition) is 1. The Morgan fingerprint density at radius 1 is 1.20 bits per heavy atom. The van der Waals surface area contributed by atoms with Gasteiger partial charge in [-0.25, -0.2) is 0 Å². The van der Waals surface area contributed by atoms with E-state index in [2.05, 4.69) is 5.32 Å². The molecule has 0 atom stereocenters. The van der Waals surface area contributed by atoms with Crippen molar-refractivity contribution in [3.05, 3.63) is 28.2 Å². The van der Waals surface area contributed by atoms with Crippen molar-refractivity contribution >= 4 is 40.7 Å². The molecule has 1 N–H and O–H groups in total. The third-order valence-corrected chi connectivity index (χ3v) is 3.15. The minimum Gasteiger partial charge on any atom is -0.350 e. The quantitative estimate of drug-likeness (QED) is 0.930.